The number of hydrogen-bond donors (Lipinski definition) is 0. The number of ether oxygens (including phenoxy) is 1. The van der Waals surface area contributed by atoms with E-state index in [1.807, 2.05) is 12.1 Å². The van der Waals surface area contributed by atoms with Crippen LogP contribution in [0, 0.1) is 10.8 Å². The number of carbonyl (C=O) groups is 1. The normalized spacial score (nSPS) is 24.3. The summed E-state index contributed by atoms with van der Waals surface area (Å²) < 4.78 is 6.87. The van der Waals surface area contributed by atoms with Crippen molar-refractivity contribution in [3.63, 3.8) is 0 Å². The fraction of sp³-hybridized carbons (Fsp3) is 0.375. The summed E-state index contributed by atoms with van der Waals surface area (Å²) in [6.45, 7) is 4.34. The van der Waals surface area contributed by atoms with Gasteiger partial charge in [-0.15, -0.1) is 0 Å². The smallest absolute Gasteiger partial charge is 0.168 e. The largest absolute Gasteiger partial charge is 0.481 e. The number of hydrogen-bond acceptors (Lipinski definition) is 2. The fourth-order valence-corrected chi connectivity index (χ4v) is 5.25. The molecule has 0 bridgehead atoms. The van der Waals surface area contributed by atoms with Crippen LogP contribution in [0.15, 0.2) is 72.0 Å². The van der Waals surface area contributed by atoms with E-state index in [9.17, 15) is 4.79 Å². The van der Waals surface area contributed by atoms with Gasteiger partial charge in [0.2, 0.25) is 0 Å². The fourth-order valence-electron chi connectivity index (χ4n) is 5.25. The first kappa shape index (κ1) is 15.9. The number of allylic oxidation sites excluding steroid dienone is 1. The van der Waals surface area contributed by atoms with Crippen LogP contribution in [0.3, 0.4) is 0 Å². The summed E-state index contributed by atoms with van der Waals surface area (Å²) >= 11 is 0. The van der Waals surface area contributed by atoms with Crippen LogP contribution in [0.1, 0.15) is 50.7 Å². The van der Waals surface area contributed by atoms with Gasteiger partial charge in [0.1, 0.15) is 5.76 Å². The minimum atomic E-state index is -0.573. The third-order valence-electron chi connectivity index (χ3n) is 6.38. The third kappa shape index (κ3) is 1.96. The molecule has 1 heterocycles. The minimum absolute atomic E-state index is 0.0323. The van der Waals surface area contributed by atoms with Gasteiger partial charge in [-0.1, -0.05) is 74.5 Å². The molecular formula is C24H24O2. The Hall–Kier alpha value is -2.35. The molecule has 0 atom stereocenters. The van der Waals surface area contributed by atoms with E-state index in [4.69, 9.17) is 4.74 Å². The molecule has 2 heteroatoms. The topological polar surface area (TPSA) is 26.3 Å². The molecule has 3 aliphatic rings. The molecule has 5 rings (SSSR count). The van der Waals surface area contributed by atoms with E-state index in [-0.39, 0.29) is 10.8 Å². The number of fused-ring (bicyclic) bond motifs is 1. The van der Waals surface area contributed by atoms with Gasteiger partial charge in [0.25, 0.3) is 0 Å². The average molecular weight is 344 g/mol. The Morgan fingerprint density at radius 3 is 1.85 bits per heavy atom. The van der Waals surface area contributed by atoms with E-state index in [1.165, 1.54) is 0 Å². The number of benzene rings is 2. The van der Waals surface area contributed by atoms with Gasteiger partial charge in [0.05, 0.1) is 5.41 Å². The van der Waals surface area contributed by atoms with Crippen LogP contribution in [0.4, 0.5) is 0 Å². The Morgan fingerprint density at radius 1 is 0.808 bits per heavy atom. The summed E-state index contributed by atoms with van der Waals surface area (Å²) in [4.78, 5) is 13.2. The lowest BCUT2D eigenvalue weighted by molar-refractivity contribution is -0.118. The zero-order chi connectivity index (χ0) is 18.0. The number of Topliss-reactive ketones (excluding diaryl/α,β-unsaturated/α-hetero) is 1. The molecule has 2 nitrogen and oxygen atoms in total. The number of carbonyl (C=O) groups excluding carboxylic acids is 1. The molecule has 0 aromatic heterocycles. The van der Waals surface area contributed by atoms with E-state index < -0.39 is 5.60 Å². The SMILES string of the molecule is CC1(C)CC(=O)C2=C(C1)OC(c1ccccc1)(c1ccccc1)C21CC1. The summed E-state index contributed by atoms with van der Waals surface area (Å²) in [5, 5.41) is 0. The van der Waals surface area contributed by atoms with Crippen molar-refractivity contribution in [2.75, 3.05) is 0 Å². The maximum absolute atomic E-state index is 13.2. The molecule has 0 unspecified atom stereocenters. The summed E-state index contributed by atoms with van der Waals surface area (Å²) in [6, 6.07) is 21.0. The predicted molar refractivity (Wildman–Crippen MR) is 101 cm³/mol. The lowest BCUT2D eigenvalue weighted by atomic mass is 9.67. The van der Waals surface area contributed by atoms with E-state index in [1.54, 1.807) is 0 Å². The molecule has 0 N–H and O–H groups in total. The summed E-state index contributed by atoms with van der Waals surface area (Å²) in [7, 11) is 0. The highest BCUT2D eigenvalue weighted by atomic mass is 16.5. The Balaban J connectivity index is 1.75. The van der Waals surface area contributed by atoms with Crippen LogP contribution >= 0.6 is 0 Å². The Kier molecular flexibility index (Phi) is 3.11. The van der Waals surface area contributed by atoms with Crippen LogP contribution in [-0.4, -0.2) is 5.78 Å². The first-order chi connectivity index (χ1) is 12.5. The highest BCUT2D eigenvalue weighted by Gasteiger charge is 2.71. The van der Waals surface area contributed by atoms with Gasteiger partial charge >= 0.3 is 0 Å². The second kappa shape index (κ2) is 5.09. The highest BCUT2D eigenvalue weighted by molar-refractivity contribution is 6.00. The summed E-state index contributed by atoms with van der Waals surface area (Å²) in [5.74, 6) is 1.24. The van der Waals surface area contributed by atoms with E-state index in [2.05, 4.69) is 62.4 Å². The molecule has 1 spiro atoms. The molecule has 1 aliphatic heterocycles. The lowest BCUT2D eigenvalue weighted by Gasteiger charge is -2.37. The highest BCUT2D eigenvalue weighted by Crippen LogP contribution is 2.73. The van der Waals surface area contributed by atoms with E-state index in [0.717, 1.165) is 41.7 Å². The first-order valence-corrected chi connectivity index (χ1v) is 9.56. The average Bonchev–Trinajstić information content (AvgIpc) is 3.35. The maximum atomic E-state index is 13.2. The zero-order valence-electron chi connectivity index (χ0n) is 15.4. The molecule has 0 saturated heterocycles. The maximum Gasteiger partial charge on any atom is 0.168 e. The third-order valence-corrected chi connectivity index (χ3v) is 6.38. The monoisotopic (exact) mass is 344 g/mol. The van der Waals surface area contributed by atoms with Crippen LogP contribution in [0.25, 0.3) is 0 Å². The first-order valence-electron chi connectivity index (χ1n) is 9.56. The van der Waals surface area contributed by atoms with Gasteiger partial charge in [-0.05, 0) is 18.3 Å². The van der Waals surface area contributed by atoms with Crippen molar-refractivity contribution in [3.05, 3.63) is 83.1 Å². The van der Waals surface area contributed by atoms with Crippen molar-refractivity contribution in [1.29, 1.82) is 0 Å². The Labute approximate surface area is 154 Å². The summed E-state index contributed by atoms with van der Waals surface area (Å²) in [5.41, 5.74) is 2.50. The molecule has 2 aromatic rings. The second-order valence-corrected chi connectivity index (χ2v) is 8.84. The minimum Gasteiger partial charge on any atom is -0.481 e. The standard InChI is InChI=1S/C24H24O2/c1-22(2)15-19(25)21-20(16-22)26-24(23(21)13-14-23,17-9-5-3-6-10-17)18-11-7-4-8-12-18/h3-12H,13-16H2,1-2H3. The molecule has 1 fully saturated rings. The molecule has 26 heavy (non-hydrogen) atoms. The molecule has 0 amide bonds. The van der Waals surface area contributed by atoms with Crippen LogP contribution in [-0.2, 0) is 15.1 Å². The Bertz CT molecular complexity index is 862. The number of ketones is 1. The van der Waals surface area contributed by atoms with Crippen molar-refractivity contribution in [2.45, 2.75) is 45.1 Å². The quantitative estimate of drug-likeness (QED) is 0.731. The van der Waals surface area contributed by atoms with Gasteiger partial charge < -0.3 is 4.74 Å². The van der Waals surface area contributed by atoms with Gasteiger partial charge in [-0.25, -0.2) is 0 Å². The van der Waals surface area contributed by atoms with Crippen LogP contribution in [0.2, 0.25) is 0 Å². The van der Waals surface area contributed by atoms with Crippen molar-refractivity contribution >= 4 is 5.78 Å². The predicted octanol–water partition coefficient (Wildman–Crippen LogP) is 5.38. The molecule has 0 radical (unpaired) electrons. The molecule has 132 valence electrons. The lowest BCUT2D eigenvalue weighted by Crippen LogP contribution is -2.38. The van der Waals surface area contributed by atoms with E-state index in [0.29, 0.717) is 12.2 Å². The molecule has 2 aromatic carbocycles. The van der Waals surface area contributed by atoms with Crippen molar-refractivity contribution in [1.82, 2.24) is 0 Å². The van der Waals surface area contributed by atoms with Crippen LogP contribution < -0.4 is 0 Å². The van der Waals surface area contributed by atoms with Gasteiger partial charge in [-0.3, -0.25) is 4.79 Å². The zero-order valence-corrected chi connectivity index (χ0v) is 15.4. The molecular weight excluding hydrogens is 320 g/mol. The van der Waals surface area contributed by atoms with Gasteiger partial charge in [0, 0.05) is 29.5 Å². The molecule has 1 saturated carbocycles. The summed E-state index contributed by atoms with van der Waals surface area (Å²) in [6.07, 6.45) is 3.50. The van der Waals surface area contributed by atoms with Crippen LogP contribution in [0.5, 0.6) is 0 Å². The van der Waals surface area contributed by atoms with E-state index >= 15 is 0 Å². The number of rotatable bonds is 2. The van der Waals surface area contributed by atoms with Gasteiger partial charge in [0.15, 0.2) is 11.4 Å². The van der Waals surface area contributed by atoms with Gasteiger partial charge in [-0.2, -0.15) is 0 Å². The molecule has 2 aliphatic carbocycles. The van der Waals surface area contributed by atoms with Crippen molar-refractivity contribution in [2.24, 2.45) is 10.8 Å². The van der Waals surface area contributed by atoms with Crippen molar-refractivity contribution < 1.29 is 9.53 Å². The second-order valence-electron chi connectivity index (χ2n) is 8.84. The van der Waals surface area contributed by atoms with Crippen molar-refractivity contribution in [3.8, 4) is 0 Å². The Morgan fingerprint density at radius 2 is 1.35 bits per heavy atom.